The van der Waals surface area contributed by atoms with E-state index in [1.165, 1.54) is 71.9 Å². The number of benzene rings is 3. The van der Waals surface area contributed by atoms with Gasteiger partial charge < -0.3 is 4.74 Å². The lowest BCUT2D eigenvalue weighted by Gasteiger charge is -2.34. The summed E-state index contributed by atoms with van der Waals surface area (Å²) in [6, 6.07) is 18.7. The Balaban J connectivity index is 1.64. The van der Waals surface area contributed by atoms with Gasteiger partial charge in [-0.25, -0.2) is 0 Å². The number of fused-ring (bicyclic) bond motifs is 2. The Labute approximate surface area is 187 Å². The van der Waals surface area contributed by atoms with Crippen LogP contribution in [0.2, 0.25) is 0 Å². The highest BCUT2D eigenvalue weighted by Crippen LogP contribution is 2.40. The Morgan fingerprint density at radius 1 is 0.903 bits per heavy atom. The summed E-state index contributed by atoms with van der Waals surface area (Å²) in [7, 11) is 1.46. The minimum atomic E-state index is -0.122. The molecule has 0 heterocycles. The zero-order chi connectivity index (χ0) is 22.1. The van der Waals surface area contributed by atoms with E-state index in [0.29, 0.717) is 11.8 Å². The first-order chi connectivity index (χ1) is 14.8. The second-order valence-electron chi connectivity index (χ2n) is 10.4. The minimum absolute atomic E-state index is 0.0224. The molecule has 1 aliphatic carbocycles. The Morgan fingerprint density at radius 2 is 1.55 bits per heavy atom. The molecule has 0 bridgehead atoms. The van der Waals surface area contributed by atoms with E-state index >= 15 is 0 Å². The standard InChI is InChI=1S/C29H36O2/c1-28(2,14-8-9-27(30)31-4)25-12-10-21-17-22-11-13-26(20-24(22)18-23(21)19-25)29(3)15-6-5-7-16-29/h10-13,17-20H,5-9,14-16H2,1-4H3. The van der Waals surface area contributed by atoms with Crippen molar-refractivity contribution in [2.24, 2.45) is 0 Å². The van der Waals surface area contributed by atoms with Crippen molar-refractivity contribution in [3.8, 4) is 0 Å². The van der Waals surface area contributed by atoms with Gasteiger partial charge in [0, 0.05) is 6.42 Å². The summed E-state index contributed by atoms with van der Waals surface area (Å²) in [5.74, 6) is -0.122. The maximum atomic E-state index is 11.5. The van der Waals surface area contributed by atoms with Crippen molar-refractivity contribution < 1.29 is 9.53 Å². The van der Waals surface area contributed by atoms with Crippen LogP contribution in [0.4, 0.5) is 0 Å². The van der Waals surface area contributed by atoms with Gasteiger partial charge >= 0.3 is 5.97 Å². The Kier molecular flexibility index (Phi) is 6.10. The monoisotopic (exact) mass is 416 g/mol. The quantitative estimate of drug-likeness (QED) is 0.302. The lowest BCUT2D eigenvalue weighted by Crippen LogP contribution is -2.24. The largest absolute Gasteiger partial charge is 0.469 e. The number of hydrogen-bond donors (Lipinski definition) is 0. The predicted octanol–water partition coefficient (Wildman–Crippen LogP) is 7.84. The zero-order valence-electron chi connectivity index (χ0n) is 19.6. The van der Waals surface area contributed by atoms with Gasteiger partial charge in [-0.15, -0.1) is 0 Å². The Bertz CT molecular complexity index is 1090. The molecule has 0 aliphatic heterocycles. The van der Waals surface area contributed by atoms with Crippen LogP contribution in [0.5, 0.6) is 0 Å². The third kappa shape index (κ3) is 4.63. The van der Waals surface area contributed by atoms with Crippen LogP contribution in [0.1, 0.15) is 83.3 Å². The summed E-state index contributed by atoms with van der Waals surface area (Å²) in [5.41, 5.74) is 3.18. The average Bonchev–Trinajstić information content (AvgIpc) is 2.77. The molecule has 2 nitrogen and oxygen atoms in total. The molecule has 0 atom stereocenters. The SMILES string of the molecule is COC(=O)CCCC(C)(C)c1ccc2cc3ccc(C4(C)CCCCC4)cc3cc2c1. The highest BCUT2D eigenvalue weighted by atomic mass is 16.5. The van der Waals surface area contributed by atoms with Crippen molar-refractivity contribution in [2.75, 3.05) is 7.11 Å². The first-order valence-corrected chi connectivity index (χ1v) is 11.9. The topological polar surface area (TPSA) is 26.3 Å². The number of hydrogen-bond acceptors (Lipinski definition) is 2. The molecular weight excluding hydrogens is 380 g/mol. The predicted molar refractivity (Wildman–Crippen MR) is 131 cm³/mol. The molecule has 1 aliphatic rings. The second kappa shape index (κ2) is 8.65. The third-order valence-electron chi connectivity index (χ3n) is 7.64. The summed E-state index contributed by atoms with van der Waals surface area (Å²) >= 11 is 0. The number of rotatable bonds is 6. The number of carbonyl (C=O) groups excluding carboxylic acids is 1. The van der Waals surface area contributed by atoms with Crippen LogP contribution in [0.15, 0.2) is 48.5 Å². The molecule has 3 aromatic carbocycles. The second-order valence-corrected chi connectivity index (χ2v) is 10.4. The van der Waals surface area contributed by atoms with Crippen molar-refractivity contribution in [3.63, 3.8) is 0 Å². The molecule has 164 valence electrons. The van der Waals surface area contributed by atoms with E-state index in [9.17, 15) is 4.79 Å². The smallest absolute Gasteiger partial charge is 0.305 e. The lowest BCUT2D eigenvalue weighted by molar-refractivity contribution is -0.140. The normalized spacial score (nSPS) is 16.5. The number of carbonyl (C=O) groups is 1. The molecular formula is C29H36O2. The molecule has 0 radical (unpaired) electrons. The summed E-state index contributed by atoms with van der Waals surface area (Å²) in [6.45, 7) is 6.99. The van der Waals surface area contributed by atoms with E-state index in [-0.39, 0.29) is 11.4 Å². The van der Waals surface area contributed by atoms with Gasteiger partial charge in [-0.05, 0) is 81.3 Å². The van der Waals surface area contributed by atoms with E-state index < -0.39 is 0 Å². The fourth-order valence-electron chi connectivity index (χ4n) is 5.34. The summed E-state index contributed by atoms with van der Waals surface area (Å²) in [5, 5.41) is 5.26. The van der Waals surface area contributed by atoms with Gasteiger partial charge in [0.15, 0.2) is 0 Å². The fourth-order valence-corrected chi connectivity index (χ4v) is 5.34. The van der Waals surface area contributed by atoms with E-state index in [2.05, 4.69) is 69.3 Å². The van der Waals surface area contributed by atoms with Crippen molar-refractivity contribution in [2.45, 2.75) is 83.0 Å². The van der Waals surface area contributed by atoms with Crippen LogP contribution in [0, 0.1) is 0 Å². The molecule has 0 unspecified atom stereocenters. The Hall–Kier alpha value is -2.35. The minimum Gasteiger partial charge on any atom is -0.469 e. The molecule has 2 heteroatoms. The molecule has 0 amide bonds. The van der Waals surface area contributed by atoms with Crippen LogP contribution in [-0.4, -0.2) is 13.1 Å². The van der Waals surface area contributed by atoms with Gasteiger partial charge in [-0.3, -0.25) is 4.79 Å². The van der Waals surface area contributed by atoms with Gasteiger partial charge in [0.1, 0.15) is 0 Å². The maximum absolute atomic E-state index is 11.5. The van der Waals surface area contributed by atoms with Gasteiger partial charge in [0.2, 0.25) is 0 Å². The lowest BCUT2D eigenvalue weighted by atomic mass is 9.71. The van der Waals surface area contributed by atoms with Crippen molar-refractivity contribution in [3.05, 3.63) is 59.7 Å². The first-order valence-electron chi connectivity index (χ1n) is 11.9. The molecule has 1 fully saturated rings. The number of ether oxygens (including phenoxy) is 1. The molecule has 31 heavy (non-hydrogen) atoms. The average molecular weight is 417 g/mol. The van der Waals surface area contributed by atoms with Gasteiger partial charge in [0.05, 0.1) is 7.11 Å². The van der Waals surface area contributed by atoms with Gasteiger partial charge in [-0.2, -0.15) is 0 Å². The first kappa shape index (κ1) is 21.9. The van der Waals surface area contributed by atoms with Gasteiger partial charge in [0.25, 0.3) is 0 Å². The summed E-state index contributed by atoms with van der Waals surface area (Å²) in [4.78, 5) is 11.5. The molecule has 0 spiro atoms. The van der Waals surface area contributed by atoms with Crippen LogP contribution in [0.3, 0.4) is 0 Å². The highest BCUT2D eigenvalue weighted by molar-refractivity contribution is 5.98. The van der Waals surface area contributed by atoms with Crippen molar-refractivity contribution >= 4 is 27.5 Å². The molecule has 4 rings (SSSR count). The molecule has 0 N–H and O–H groups in total. The number of esters is 1. The maximum Gasteiger partial charge on any atom is 0.305 e. The van der Waals surface area contributed by atoms with E-state index in [1.807, 2.05) is 0 Å². The van der Waals surface area contributed by atoms with E-state index in [4.69, 9.17) is 4.74 Å². The van der Waals surface area contributed by atoms with E-state index in [0.717, 1.165) is 12.8 Å². The van der Waals surface area contributed by atoms with Crippen LogP contribution in [-0.2, 0) is 20.4 Å². The summed E-state index contributed by atoms with van der Waals surface area (Å²) in [6.07, 6.45) is 8.97. The van der Waals surface area contributed by atoms with Crippen LogP contribution >= 0.6 is 0 Å². The van der Waals surface area contributed by atoms with Crippen molar-refractivity contribution in [1.29, 1.82) is 0 Å². The zero-order valence-corrected chi connectivity index (χ0v) is 19.6. The Morgan fingerprint density at radius 3 is 2.26 bits per heavy atom. The van der Waals surface area contributed by atoms with Gasteiger partial charge in [-0.1, -0.05) is 76.4 Å². The van der Waals surface area contributed by atoms with E-state index in [1.54, 1.807) is 0 Å². The molecule has 1 saturated carbocycles. The fraction of sp³-hybridized carbons (Fsp3) is 0.483. The van der Waals surface area contributed by atoms with Crippen LogP contribution in [0.25, 0.3) is 21.5 Å². The van der Waals surface area contributed by atoms with Crippen molar-refractivity contribution in [1.82, 2.24) is 0 Å². The summed E-state index contributed by atoms with van der Waals surface area (Å²) < 4.78 is 4.79. The molecule has 3 aromatic rings. The highest BCUT2D eigenvalue weighted by Gasteiger charge is 2.28. The van der Waals surface area contributed by atoms with Crippen LogP contribution < -0.4 is 0 Å². The molecule has 0 saturated heterocycles. The number of methoxy groups -OCH3 is 1. The third-order valence-corrected chi connectivity index (χ3v) is 7.64. The molecule has 0 aromatic heterocycles.